The van der Waals surface area contributed by atoms with Crippen molar-refractivity contribution in [2.75, 3.05) is 6.54 Å². The predicted octanol–water partition coefficient (Wildman–Crippen LogP) is 1.31. The molecule has 1 aliphatic carbocycles. The molecule has 0 amide bonds. The Balaban J connectivity index is 2.09. The van der Waals surface area contributed by atoms with E-state index in [4.69, 9.17) is 5.26 Å². The fraction of sp³-hybridized carbons (Fsp3) is 0.357. The van der Waals surface area contributed by atoms with Gasteiger partial charge in [-0.15, -0.1) is 0 Å². The SMILES string of the molecule is N#Cc1ccc(S(=O)(=O)NCC2(O)C=CCCC2)cc1. The van der Waals surface area contributed by atoms with Gasteiger partial charge in [0.05, 0.1) is 22.1 Å². The minimum absolute atomic E-state index is 0.0498. The molecule has 0 heterocycles. The molecule has 1 aromatic rings. The predicted molar refractivity (Wildman–Crippen MR) is 74.3 cm³/mol. The van der Waals surface area contributed by atoms with Crippen LogP contribution in [-0.2, 0) is 10.0 Å². The second-order valence-electron chi connectivity index (χ2n) is 4.86. The van der Waals surface area contributed by atoms with E-state index in [9.17, 15) is 13.5 Å². The van der Waals surface area contributed by atoms with Crippen molar-refractivity contribution in [3.63, 3.8) is 0 Å². The summed E-state index contributed by atoms with van der Waals surface area (Å²) < 4.78 is 26.6. The topological polar surface area (TPSA) is 90.2 Å². The maximum atomic E-state index is 12.1. The van der Waals surface area contributed by atoms with Crippen LogP contribution in [0.3, 0.4) is 0 Å². The van der Waals surface area contributed by atoms with E-state index in [0.29, 0.717) is 12.0 Å². The number of hydrogen-bond donors (Lipinski definition) is 2. The third-order valence-corrected chi connectivity index (χ3v) is 4.69. The molecule has 0 spiro atoms. The summed E-state index contributed by atoms with van der Waals surface area (Å²) >= 11 is 0. The Kier molecular flexibility index (Phi) is 4.23. The van der Waals surface area contributed by atoms with Crippen molar-refractivity contribution in [1.29, 1.82) is 5.26 Å². The number of allylic oxidation sites excluding steroid dienone is 1. The van der Waals surface area contributed by atoms with Gasteiger partial charge in [0.15, 0.2) is 0 Å². The summed E-state index contributed by atoms with van der Waals surface area (Å²) in [6.45, 7) is -0.0498. The van der Waals surface area contributed by atoms with Crippen LogP contribution in [-0.4, -0.2) is 25.7 Å². The average molecular weight is 292 g/mol. The zero-order valence-corrected chi connectivity index (χ0v) is 11.7. The lowest BCUT2D eigenvalue weighted by Gasteiger charge is -2.27. The third-order valence-electron chi connectivity index (χ3n) is 3.27. The Morgan fingerprint density at radius 2 is 2.05 bits per heavy atom. The van der Waals surface area contributed by atoms with Gasteiger partial charge >= 0.3 is 0 Å². The molecule has 106 valence electrons. The number of nitrogens with zero attached hydrogens (tertiary/aromatic N) is 1. The van der Waals surface area contributed by atoms with Crippen LogP contribution in [0.25, 0.3) is 0 Å². The van der Waals surface area contributed by atoms with E-state index in [1.165, 1.54) is 24.3 Å². The normalized spacial score (nSPS) is 22.4. The van der Waals surface area contributed by atoms with Crippen molar-refractivity contribution < 1.29 is 13.5 Å². The quantitative estimate of drug-likeness (QED) is 0.819. The van der Waals surface area contributed by atoms with Gasteiger partial charge in [0, 0.05) is 6.54 Å². The van der Waals surface area contributed by atoms with Gasteiger partial charge in [0.25, 0.3) is 0 Å². The van der Waals surface area contributed by atoms with E-state index in [0.717, 1.165) is 12.8 Å². The molecule has 0 saturated heterocycles. The molecule has 2 rings (SSSR count). The van der Waals surface area contributed by atoms with Crippen molar-refractivity contribution in [3.8, 4) is 6.07 Å². The monoisotopic (exact) mass is 292 g/mol. The highest BCUT2D eigenvalue weighted by Crippen LogP contribution is 2.21. The van der Waals surface area contributed by atoms with Crippen LogP contribution < -0.4 is 4.72 Å². The Labute approximate surface area is 118 Å². The van der Waals surface area contributed by atoms with Crippen molar-refractivity contribution in [1.82, 2.24) is 4.72 Å². The van der Waals surface area contributed by atoms with Gasteiger partial charge in [0.2, 0.25) is 10.0 Å². The molecule has 0 fully saturated rings. The largest absolute Gasteiger partial charge is 0.384 e. The molecule has 1 unspecified atom stereocenters. The van der Waals surface area contributed by atoms with Crippen LogP contribution in [0.1, 0.15) is 24.8 Å². The van der Waals surface area contributed by atoms with Crippen molar-refractivity contribution >= 4 is 10.0 Å². The summed E-state index contributed by atoms with van der Waals surface area (Å²) in [5.41, 5.74) is -0.712. The maximum Gasteiger partial charge on any atom is 0.240 e. The first-order valence-corrected chi connectivity index (χ1v) is 7.83. The Morgan fingerprint density at radius 1 is 1.35 bits per heavy atom. The highest BCUT2D eigenvalue weighted by Gasteiger charge is 2.27. The summed E-state index contributed by atoms with van der Waals surface area (Å²) in [6, 6.07) is 7.58. The smallest absolute Gasteiger partial charge is 0.240 e. The first kappa shape index (κ1) is 14.7. The standard InChI is InChI=1S/C14H16N2O3S/c15-10-12-4-6-13(7-5-12)20(18,19)16-11-14(17)8-2-1-3-9-14/h2,4-8,16-17H,1,3,9,11H2. The molecule has 1 aromatic carbocycles. The first-order chi connectivity index (χ1) is 9.45. The Hall–Kier alpha value is -1.68. The number of nitrogens with one attached hydrogen (secondary N) is 1. The van der Waals surface area contributed by atoms with Crippen LogP contribution in [0, 0.1) is 11.3 Å². The summed E-state index contributed by atoms with van der Waals surface area (Å²) in [7, 11) is -3.68. The van der Waals surface area contributed by atoms with E-state index in [1.807, 2.05) is 12.1 Å². The molecular formula is C14H16N2O3S. The lowest BCUT2D eigenvalue weighted by Crippen LogP contribution is -2.42. The van der Waals surface area contributed by atoms with Crippen molar-refractivity contribution in [3.05, 3.63) is 42.0 Å². The van der Waals surface area contributed by atoms with E-state index >= 15 is 0 Å². The van der Waals surface area contributed by atoms with Gasteiger partial charge in [-0.05, 0) is 43.5 Å². The van der Waals surface area contributed by atoms with Crippen molar-refractivity contribution in [2.45, 2.75) is 29.8 Å². The lowest BCUT2D eigenvalue weighted by atomic mass is 9.91. The van der Waals surface area contributed by atoms with Gasteiger partial charge in [-0.25, -0.2) is 13.1 Å². The Bertz CT molecular complexity index is 644. The molecular weight excluding hydrogens is 276 g/mol. The number of benzene rings is 1. The lowest BCUT2D eigenvalue weighted by molar-refractivity contribution is 0.0797. The molecule has 0 aliphatic heterocycles. The minimum atomic E-state index is -3.68. The molecule has 6 heteroatoms. The highest BCUT2D eigenvalue weighted by molar-refractivity contribution is 7.89. The molecule has 0 bridgehead atoms. The fourth-order valence-electron chi connectivity index (χ4n) is 2.07. The van der Waals surface area contributed by atoms with Gasteiger partial charge in [0.1, 0.15) is 0 Å². The van der Waals surface area contributed by atoms with E-state index in [1.54, 1.807) is 6.08 Å². The average Bonchev–Trinajstić information content (AvgIpc) is 2.46. The van der Waals surface area contributed by atoms with E-state index in [-0.39, 0.29) is 11.4 Å². The summed E-state index contributed by atoms with van der Waals surface area (Å²) in [4.78, 5) is 0.0832. The molecule has 20 heavy (non-hydrogen) atoms. The molecule has 1 aliphatic rings. The number of nitriles is 1. The second-order valence-corrected chi connectivity index (χ2v) is 6.63. The number of rotatable bonds is 4. The third kappa shape index (κ3) is 3.45. The van der Waals surface area contributed by atoms with Crippen LogP contribution in [0.2, 0.25) is 0 Å². The van der Waals surface area contributed by atoms with Crippen LogP contribution in [0.15, 0.2) is 41.3 Å². The zero-order valence-electron chi connectivity index (χ0n) is 10.9. The Morgan fingerprint density at radius 3 is 2.60 bits per heavy atom. The molecule has 0 aromatic heterocycles. The van der Waals surface area contributed by atoms with Crippen LogP contribution in [0.4, 0.5) is 0 Å². The number of sulfonamides is 1. The summed E-state index contributed by atoms with van der Waals surface area (Å²) in [6.07, 6.45) is 5.80. The van der Waals surface area contributed by atoms with Gasteiger partial charge < -0.3 is 5.11 Å². The van der Waals surface area contributed by atoms with Crippen LogP contribution >= 0.6 is 0 Å². The summed E-state index contributed by atoms with van der Waals surface area (Å²) in [5, 5.41) is 18.9. The molecule has 2 N–H and O–H groups in total. The van der Waals surface area contributed by atoms with Gasteiger partial charge in [-0.3, -0.25) is 0 Å². The maximum absolute atomic E-state index is 12.1. The van der Waals surface area contributed by atoms with E-state index < -0.39 is 15.6 Å². The summed E-state index contributed by atoms with van der Waals surface area (Å²) in [5.74, 6) is 0. The number of hydrogen-bond acceptors (Lipinski definition) is 4. The first-order valence-electron chi connectivity index (χ1n) is 6.35. The van der Waals surface area contributed by atoms with Gasteiger partial charge in [-0.2, -0.15) is 5.26 Å². The molecule has 0 radical (unpaired) electrons. The molecule has 1 atom stereocenters. The highest BCUT2D eigenvalue weighted by atomic mass is 32.2. The zero-order chi connectivity index (χ0) is 14.6. The second kappa shape index (κ2) is 5.75. The minimum Gasteiger partial charge on any atom is -0.384 e. The van der Waals surface area contributed by atoms with E-state index in [2.05, 4.69) is 4.72 Å². The fourth-order valence-corrected chi connectivity index (χ4v) is 3.17. The number of aliphatic hydroxyl groups is 1. The molecule has 5 nitrogen and oxygen atoms in total. The van der Waals surface area contributed by atoms with Gasteiger partial charge in [-0.1, -0.05) is 12.2 Å². The van der Waals surface area contributed by atoms with Crippen LogP contribution in [0.5, 0.6) is 0 Å². The van der Waals surface area contributed by atoms with Crippen molar-refractivity contribution in [2.24, 2.45) is 0 Å². The molecule has 0 saturated carbocycles.